The number of carbonyl (C=O) groups is 1. The molecule has 1 fully saturated rings. The fourth-order valence-electron chi connectivity index (χ4n) is 3.24. The van der Waals surface area contributed by atoms with Gasteiger partial charge >= 0.3 is 5.97 Å². The van der Waals surface area contributed by atoms with Crippen LogP contribution in [0.25, 0.3) is 11.3 Å². The average molecular weight is 311 g/mol. The van der Waals surface area contributed by atoms with E-state index in [1.165, 1.54) is 19.4 Å². The Kier molecular flexibility index (Phi) is 4.67. The lowest BCUT2D eigenvalue weighted by atomic mass is 9.92. The van der Waals surface area contributed by atoms with Crippen LogP contribution in [0, 0.1) is 5.92 Å². The van der Waals surface area contributed by atoms with Crippen LogP contribution in [-0.2, 0) is 6.42 Å². The highest BCUT2D eigenvalue weighted by molar-refractivity contribution is 5.88. The van der Waals surface area contributed by atoms with Crippen LogP contribution in [0.5, 0.6) is 0 Å². The minimum atomic E-state index is -0.916. The molecule has 23 heavy (non-hydrogen) atoms. The molecule has 0 bridgehead atoms. The van der Waals surface area contributed by atoms with Gasteiger partial charge in [0, 0.05) is 24.5 Å². The summed E-state index contributed by atoms with van der Waals surface area (Å²) >= 11 is 0. The second-order valence-electron chi connectivity index (χ2n) is 6.21. The number of benzene rings is 1. The van der Waals surface area contributed by atoms with Gasteiger partial charge in [-0.3, -0.25) is 9.97 Å². The van der Waals surface area contributed by atoms with Crippen molar-refractivity contribution in [2.24, 2.45) is 5.92 Å². The molecule has 1 aromatic carbocycles. The summed E-state index contributed by atoms with van der Waals surface area (Å²) in [5, 5.41) is 9.01. The van der Waals surface area contributed by atoms with Crippen LogP contribution in [0.2, 0.25) is 0 Å². The molecule has 1 aromatic heterocycles. The summed E-state index contributed by atoms with van der Waals surface area (Å²) in [4.78, 5) is 22.4. The van der Waals surface area contributed by atoms with Crippen molar-refractivity contribution in [3.63, 3.8) is 0 Å². The number of likely N-dealkylation sites (tertiary alicyclic amines) is 1. The van der Waals surface area contributed by atoms with E-state index in [4.69, 9.17) is 5.11 Å². The number of hydrogen-bond acceptors (Lipinski definition) is 4. The van der Waals surface area contributed by atoms with E-state index < -0.39 is 5.97 Å². The second kappa shape index (κ2) is 6.87. The van der Waals surface area contributed by atoms with Gasteiger partial charge in [0.15, 0.2) is 0 Å². The van der Waals surface area contributed by atoms with E-state index in [0.29, 0.717) is 5.92 Å². The summed E-state index contributed by atoms with van der Waals surface area (Å²) in [6.07, 6.45) is 6.78. The van der Waals surface area contributed by atoms with Crippen molar-refractivity contribution in [2.75, 3.05) is 20.1 Å². The number of aromatic nitrogens is 2. The summed E-state index contributed by atoms with van der Waals surface area (Å²) in [6, 6.07) is 6.85. The molecule has 2 heterocycles. The number of carboxylic acid groups (broad SMARTS) is 1. The average Bonchev–Trinajstić information content (AvgIpc) is 2.55. The Bertz CT molecular complexity index is 685. The van der Waals surface area contributed by atoms with E-state index in [9.17, 15) is 4.79 Å². The lowest BCUT2D eigenvalue weighted by Crippen LogP contribution is -2.33. The number of aromatic carboxylic acids is 1. The molecule has 1 aliphatic heterocycles. The SMILES string of the molecule is CN1CCCC(Cc2nccnc2-c2ccc(C(=O)O)cc2)C1. The predicted molar refractivity (Wildman–Crippen MR) is 88.4 cm³/mol. The Balaban J connectivity index is 1.84. The maximum Gasteiger partial charge on any atom is 0.335 e. The van der Waals surface area contributed by atoms with Gasteiger partial charge in [-0.15, -0.1) is 0 Å². The number of hydrogen-bond donors (Lipinski definition) is 1. The Morgan fingerprint density at radius 3 is 2.70 bits per heavy atom. The molecule has 5 heteroatoms. The normalized spacial score (nSPS) is 18.7. The summed E-state index contributed by atoms with van der Waals surface area (Å²) in [6.45, 7) is 2.26. The zero-order valence-corrected chi connectivity index (χ0v) is 13.3. The van der Waals surface area contributed by atoms with E-state index in [0.717, 1.165) is 29.9 Å². The van der Waals surface area contributed by atoms with Crippen LogP contribution in [0.1, 0.15) is 28.9 Å². The number of piperidine rings is 1. The molecule has 3 rings (SSSR count). The fourth-order valence-corrected chi connectivity index (χ4v) is 3.24. The van der Waals surface area contributed by atoms with Gasteiger partial charge in [0.2, 0.25) is 0 Å². The maximum absolute atomic E-state index is 11.0. The highest BCUT2D eigenvalue weighted by Crippen LogP contribution is 2.25. The lowest BCUT2D eigenvalue weighted by Gasteiger charge is -2.29. The maximum atomic E-state index is 11.0. The highest BCUT2D eigenvalue weighted by Gasteiger charge is 2.20. The molecule has 1 N–H and O–H groups in total. The lowest BCUT2D eigenvalue weighted by molar-refractivity contribution is 0.0697. The Hall–Kier alpha value is -2.27. The highest BCUT2D eigenvalue weighted by atomic mass is 16.4. The molecule has 0 saturated carbocycles. The van der Waals surface area contributed by atoms with Crippen LogP contribution in [0.3, 0.4) is 0 Å². The van der Waals surface area contributed by atoms with Crippen LogP contribution in [0.4, 0.5) is 0 Å². The largest absolute Gasteiger partial charge is 0.478 e. The van der Waals surface area contributed by atoms with Crippen LogP contribution in [0.15, 0.2) is 36.7 Å². The van der Waals surface area contributed by atoms with Crippen molar-refractivity contribution in [1.82, 2.24) is 14.9 Å². The summed E-state index contributed by atoms with van der Waals surface area (Å²) in [5.74, 6) is -0.316. The van der Waals surface area contributed by atoms with Gasteiger partial charge in [-0.1, -0.05) is 12.1 Å². The van der Waals surface area contributed by atoms with Crippen molar-refractivity contribution < 1.29 is 9.90 Å². The van der Waals surface area contributed by atoms with E-state index in [1.54, 1.807) is 24.5 Å². The first-order valence-electron chi connectivity index (χ1n) is 7.95. The summed E-state index contributed by atoms with van der Waals surface area (Å²) in [7, 11) is 2.16. The zero-order valence-electron chi connectivity index (χ0n) is 13.3. The third-order valence-corrected chi connectivity index (χ3v) is 4.38. The Morgan fingerprint density at radius 2 is 2.00 bits per heavy atom. The molecule has 5 nitrogen and oxygen atoms in total. The minimum absolute atomic E-state index is 0.285. The smallest absolute Gasteiger partial charge is 0.335 e. The molecule has 1 unspecified atom stereocenters. The molecule has 1 saturated heterocycles. The molecule has 2 aromatic rings. The van der Waals surface area contributed by atoms with E-state index in [-0.39, 0.29) is 5.56 Å². The zero-order chi connectivity index (χ0) is 16.2. The van der Waals surface area contributed by atoms with Gasteiger partial charge in [0.25, 0.3) is 0 Å². The van der Waals surface area contributed by atoms with Crippen LogP contribution < -0.4 is 0 Å². The predicted octanol–water partition coefficient (Wildman–Crippen LogP) is 2.73. The summed E-state index contributed by atoms with van der Waals surface area (Å²) < 4.78 is 0. The fraction of sp³-hybridized carbons (Fsp3) is 0.389. The van der Waals surface area contributed by atoms with E-state index >= 15 is 0 Å². The molecule has 0 amide bonds. The first-order chi connectivity index (χ1) is 11.1. The Morgan fingerprint density at radius 1 is 1.26 bits per heavy atom. The first kappa shape index (κ1) is 15.6. The molecular weight excluding hydrogens is 290 g/mol. The van der Waals surface area contributed by atoms with Gasteiger partial charge in [-0.2, -0.15) is 0 Å². The molecule has 0 radical (unpaired) electrons. The molecule has 0 spiro atoms. The molecule has 0 aliphatic carbocycles. The van der Waals surface area contributed by atoms with Gasteiger partial charge in [-0.05, 0) is 50.9 Å². The van der Waals surface area contributed by atoms with Crippen molar-refractivity contribution in [3.05, 3.63) is 47.9 Å². The van der Waals surface area contributed by atoms with Crippen LogP contribution >= 0.6 is 0 Å². The number of rotatable bonds is 4. The first-order valence-corrected chi connectivity index (χ1v) is 7.95. The van der Waals surface area contributed by atoms with Crippen molar-refractivity contribution in [2.45, 2.75) is 19.3 Å². The minimum Gasteiger partial charge on any atom is -0.478 e. The van der Waals surface area contributed by atoms with Crippen molar-refractivity contribution >= 4 is 5.97 Å². The van der Waals surface area contributed by atoms with Crippen molar-refractivity contribution in [1.29, 1.82) is 0 Å². The van der Waals surface area contributed by atoms with Gasteiger partial charge in [0.05, 0.1) is 17.0 Å². The van der Waals surface area contributed by atoms with Gasteiger partial charge < -0.3 is 10.0 Å². The monoisotopic (exact) mass is 311 g/mol. The quantitative estimate of drug-likeness (QED) is 0.940. The summed E-state index contributed by atoms with van der Waals surface area (Å²) in [5.41, 5.74) is 3.06. The number of carboxylic acids is 1. The Labute approximate surface area is 136 Å². The van der Waals surface area contributed by atoms with E-state index in [1.807, 2.05) is 12.1 Å². The molecular formula is C18H21N3O2. The topological polar surface area (TPSA) is 66.3 Å². The van der Waals surface area contributed by atoms with Gasteiger partial charge in [-0.25, -0.2) is 4.79 Å². The standard InChI is InChI=1S/C18H21N3O2/c1-21-10-2-3-13(12-21)11-16-17(20-9-8-19-16)14-4-6-15(7-5-14)18(22)23/h4-9,13H,2-3,10-12H2,1H3,(H,22,23). The molecule has 120 valence electrons. The second-order valence-corrected chi connectivity index (χ2v) is 6.21. The number of nitrogens with zero attached hydrogens (tertiary/aromatic N) is 3. The molecule has 1 atom stereocenters. The third kappa shape index (κ3) is 3.74. The van der Waals surface area contributed by atoms with E-state index in [2.05, 4.69) is 21.9 Å². The van der Waals surface area contributed by atoms with Crippen LogP contribution in [-0.4, -0.2) is 46.1 Å². The third-order valence-electron chi connectivity index (χ3n) is 4.38. The molecule has 1 aliphatic rings. The van der Waals surface area contributed by atoms with Gasteiger partial charge in [0.1, 0.15) is 0 Å². The van der Waals surface area contributed by atoms with Crippen molar-refractivity contribution in [3.8, 4) is 11.3 Å².